The monoisotopic (exact) mass is 437 g/mol. The van der Waals surface area contributed by atoms with Crippen molar-refractivity contribution in [2.75, 3.05) is 19.1 Å². The van der Waals surface area contributed by atoms with E-state index in [4.69, 9.17) is 4.74 Å². The van der Waals surface area contributed by atoms with Crippen LogP contribution in [0.2, 0.25) is 0 Å². The molecule has 0 saturated carbocycles. The highest BCUT2D eigenvalue weighted by atomic mass is 32.2. The molecule has 0 bridgehead atoms. The van der Waals surface area contributed by atoms with Crippen molar-refractivity contribution in [2.45, 2.75) is 64.8 Å². The van der Waals surface area contributed by atoms with Crippen LogP contribution in [0.3, 0.4) is 0 Å². The minimum Gasteiger partial charge on any atom is -0.444 e. The standard InChI is InChI=1S/C22H35N3O4S/c1-15(2)23-19(26)18(16-11-9-8-10-12-16)25(6)20(27)17(13-14-30-7)24-21(28)29-22(3,4)5/h8-12,15,17-18H,13-14H2,1-7H3,(H,23,26)(H,24,28). The zero-order valence-corrected chi connectivity index (χ0v) is 19.8. The van der Waals surface area contributed by atoms with Crippen molar-refractivity contribution in [3.63, 3.8) is 0 Å². The Morgan fingerprint density at radius 2 is 1.70 bits per heavy atom. The molecule has 3 amide bonds. The van der Waals surface area contributed by atoms with Crippen LogP contribution in [0, 0.1) is 0 Å². The number of rotatable bonds is 9. The summed E-state index contributed by atoms with van der Waals surface area (Å²) in [5.41, 5.74) is 0.0275. The van der Waals surface area contributed by atoms with Crippen LogP contribution in [-0.2, 0) is 14.3 Å². The number of hydrogen-bond acceptors (Lipinski definition) is 5. The number of benzene rings is 1. The van der Waals surface area contributed by atoms with Gasteiger partial charge in [-0.05, 0) is 58.6 Å². The van der Waals surface area contributed by atoms with E-state index in [0.29, 0.717) is 17.7 Å². The summed E-state index contributed by atoms with van der Waals surface area (Å²) in [6.07, 6.45) is 1.71. The lowest BCUT2D eigenvalue weighted by molar-refractivity contribution is -0.141. The zero-order valence-electron chi connectivity index (χ0n) is 19.0. The van der Waals surface area contributed by atoms with Gasteiger partial charge in [-0.3, -0.25) is 9.59 Å². The second-order valence-electron chi connectivity index (χ2n) is 8.41. The van der Waals surface area contributed by atoms with Crippen LogP contribution in [0.25, 0.3) is 0 Å². The van der Waals surface area contributed by atoms with E-state index in [2.05, 4.69) is 10.6 Å². The predicted octanol–water partition coefficient (Wildman–Crippen LogP) is 3.36. The third kappa shape index (κ3) is 8.65. The van der Waals surface area contributed by atoms with Gasteiger partial charge in [-0.15, -0.1) is 0 Å². The first-order valence-corrected chi connectivity index (χ1v) is 11.5. The second kappa shape index (κ2) is 11.8. The molecule has 0 aromatic heterocycles. The van der Waals surface area contributed by atoms with E-state index in [1.165, 1.54) is 4.90 Å². The van der Waals surface area contributed by atoms with Crippen LogP contribution < -0.4 is 10.6 Å². The van der Waals surface area contributed by atoms with Crippen LogP contribution in [0.15, 0.2) is 30.3 Å². The number of nitrogens with one attached hydrogen (secondary N) is 2. The third-order valence-corrected chi connectivity index (χ3v) is 4.77. The first-order chi connectivity index (χ1) is 14.0. The number of amides is 3. The molecular formula is C22H35N3O4S. The summed E-state index contributed by atoms with van der Waals surface area (Å²) in [5.74, 6) is 0.0597. The first-order valence-electron chi connectivity index (χ1n) is 10.1. The molecule has 0 aliphatic rings. The summed E-state index contributed by atoms with van der Waals surface area (Å²) in [4.78, 5) is 39.9. The van der Waals surface area contributed by atoms with Crippen LogP contribution in [-0.4, -0.2) is 59.5 Å². The third-order valence-electron chi connectivity index (χ3n) is 4.13. The summed E-state index contributed by atoms with van der Waals surface area (Å²) < 4.78 is 5.32. The molecule has 1 aromatic carbocycles. The van der Waals surface area contributed by atoms with Crippen molar-refractivity contribution in [3.8, 4) is 0 Å². The Labute approximate surface area is 184 Å². The number of nitrogens with zero attached hydrogens (tertiary/aromatic N) is 1. The molecule has 8 heteroatoms. The van der Waals surface area contributed by atoms with Crippen molar-refractivity contribution in [2.24, 2.45) is 0 Å². The number of hydrogen-bond donors (Lipinski definition) is 2. The number of carbonyl (C=O) groups is 3. The molecule has 168 valence electrons. The van der Waals surface area contributed by atoms with Crippen molar-refractivity contribution < 1.29 is 19.1 Å². The fourth-order valence-electron chi connectivity index (χ4n) is 2.87. The minimum atomic E-state index is -0.807. The Balaban J connectivity index is 3.12. The molecule has 2 N–H and O–H groups in total. The highest BCUT2D eigenvalue weighted by molar-refractivity contribution is 7.98. The fraction of sp³-hybridized carbons (Fsp3) is 0.591. The zero-order chi connectivity index (χ0) is 22.9. The number of ether oxygens (including phenoxy) is 1. The van der Waals surface area contributed by atoms with E-state index in [1.807, 2.05) is 50.4 Å². The molecule has 0 radical (unpaired) electrons. The van der Waals surface area contributed by atoms with Crippen molar-refractivity contribution in [1.29, 1.82) is 0 Å². The van der Waals surface area contributed by atoms with Gasteiger partial charge in [0.05, 0.1) is 0 Å². The normalized spacial score (nSPS) is 13.3. The van der Waals surface area contributed by atoms with E-state index in [-0.39, 0.29) is 17.9 Å². The Bertz CT molecular complexity index is 704. The molecule has 0 saturated heterocycles. The Morgan fingerprint density at radius 3 is 2.20 bits per heavy atom. The molecule has 2 unspecified atom stereocenters. The summed E-state index contributed by atoms with van der Waals surface area (Å²) in [6, 6.07) is 7.46. The molecule has 0 heterocycles. The number of thioether (sulfide) groups is 1. The lowest BCUT2D eigenvalue weighted by atomic mass is 10.0. The number of likely N-dealkylation sites (N-methyl/N-ethyl adjacent to an activating group) is 1. The van der Waals surface area contributed by atoms with Gasteiger partial charge in [0.25, 0.3) is 0 Å². The van der Waals surface area contributed by atoms with Gasteiger partial charge < -0.3 is 20.3 Å². The highest BCUT2D eigenvalue weighted by Gasteiger charge is 2.34. The van der Waals surface area contributed by atoms with Gasteiger partial charge in [-0.1, -0.05) is 30.3 Å². The molecule has 1 aromatic rings. The Morgan fingerprint density at radius 1 is 1.10 bits per heavy atom. The van der Waals surface area contributed by atoms with Gasteiger partial charge in [0.1, 0.15) is 17.7 Å². The number of alkyl carbamates (subject to hydrolysis) is 1. The molecule has 7 nitrogen and oxygen atoms in total. The highest BCUT2D eigenvalue weighted by Crippen LogP contribution is 2.22. The van der Waals surface area contributed by atoms with Crippen LogP contribution in [0.4, 0.5) is 4.79 Å². The van der Waals surface area contributed by atoms with E-state index in [0.717, 1.165) is 0 Å². The maximum atomic E-state index is 13.3. The van der Waals surface area contributed by atoms with Crippen LogP contribution in [0.5, 0.6) is 0 Å². The molecule has 30 heavy (non-hydrogen) atoms. The summed E-state index contributed by atoms with van der Waals surface area (Å²) in [5, 5.41) is 5.56. The van der Waals surface area contributed by atoms with E-state index in [1.54, 1.807) is 39.6 Å². The average Bonchev–Trinajstić information content (AvgIpc) is 2.63. The van der Waals surface area contributed by atoms with Gasteiger partial charge in [0, 0.05) is 13.1 Å². The van der Waals surface area contributed by atoms with Gasteiger partial charge in [-0.25, -0.2) is 4.79 Å². The summed E-state index contributed by atoms with van der Waals surface area (Å²) in [6.45, 7) is 9.03. The smallest absolute Gasteiger partial charge is 0.408 e. The van der Waals surface area contributed by atoms with E-state index in [9.17, 15) is 14.4 Å². The van der Waals surface area contributed by atoms with Crippen LogP contribution in [0.1, 0.15) is 52.6 Å². The molecule has 2 atom stereocenters. The van der Waals surface area contributed by atoms with Crippen molar-refractivity contribution >= 4 is 29.7 Å². The molecule has 0 aliphatic heterocycles. The topological polar surface area (TPSA) is 87.7 Å². The van der Waals surface area contributed by atoms with Crippen molar-refractivity contribution in [1.82, 2.24) is 15.5 Å². The minimum absolute atomic E-state index is 0.0700. The maximum Gasteiger partial charge on any atom is 0.408 e. The molecule has 0 fully saturated rings. The van der Waals surface area contributed by atoms with Gasteiger partial charge in [-0.2, -0.15) is 11.8 Å². The lowest BCUT2D eigenvalue weighted by Crippen LogP contribution is -2.52. The molecule has 1 rings (SSSR count). The SMILES string of the molecule is CSCCC(NC(=O)OC(C)(C)C)C(=O)N(C)C(C(=O)NC(C)C)c1ccccc1. The second-order valence-corrected chi connectivity index (χ2v) is 9.39. The molecule has 0 spiro atoms. The largest absolute Gasteiger partial charge is 0.444 e. The fourth-order valence-corrected chi connectivity index (χ4v) is 3.34. The molecular weight excluding hydrogens is 402 g/mol. The van der Waals surface area contributed by atoms with Gasteiger partial charge in [0.2, 0.25) is 11.8 Å². The Kier molecular flexibility index (Phi) is 10.2. The maximum absolute atomic E-state index is 13.3. The average molecular weight is 438 g/mol. The summed E-state index contributed by atoms with van der Waals surface area (Å²) in [7, 11) is 1.59. The van der Waals surface area contributed by atoms with Gasteiger partial charge in [0.15, 0.2) is 0 Å². The Hall–Kier alpha value is -2.22. The predicted molar refractivity (Wildman–Crippen MR) is 121 cm³/mol. The van der Waals surface area contributed by atoms with Gasteiger partial charge >= 0.3 is 6.09 Å². The summed E-state index contributed by atoms with van der Waals surface area (Å²) >= 11 is 1.58. The first kappa shape index (κ1) is 25.8. The lowest BCUT2D eigenvalue weighted by Gasteiger charge is -2.32. The van der Waals surface area contributed by atoms with E-state index < -0.39 is 23.8 Å². The molecule has 0 aliphatic carbocycles. The van der Waals surface area contributed by atoms with E-state index >= 15 is 0 Å². The van der Waals surface area contributed by atoms with Crippen LogP contribution >= 0.6 is 11.8 Å². The quantitative estimate of drug-likeness (QED) is 0.619. The number of carbonyl (C=O) groups excluding carboxylic acids is 3. The van der Waals surface area contributed by atoms with Crippen molar-refractivity contribution in [3.05, 3.63) is 35.9 Å².